The van der Waals surface area contributed by atoms with E-state index in [1.807, 2.05) is 30.3 Å². The van der Waals surface area contributed by atoms with Crippen LogP contribution >= 0.6 is 24.2 Å². The largest absolute Gasteiger partial charge is 0.205 e. The predicted molar refractivity (Wildman–Crippen MR) is 65.1 cm³/mol. The molecule has 0 fully saturated rings. The lowest BCUT2D eigenvalue weighted by molar-refractivity contribution is 0.628. The molecule has 0 saturated heterocycles. The first-order valence-electron chi connectivity index (χ1n) is 4.34. The van der Waals surface area contributed by atoms with Crippen LogP contribution in [0.15, 0.2) is 59.5 Å². The fraction of sp³-hybridized carbons (Fsp3) is 0. The van der Waals surface area contributed by atoms with Gasteiger partial charge < -0.3 is 0 Å². The summed E-state index contributed by atoms with van der Waals surface area (Å²) in [6.07, 6.45) is 0. The molecule has 0 aliphatic rings. The second kappa shape index (κ2) is 6.49. The highest BCUT2D eigenvalue weighted by atomic mass is 35.5. The van der Waals surface area contributed by atoms with Crippen LogP contribution in [0.3, 0.4) is 0 Å². The van der Waals surface area contributed by atoms with Crippen molar-refractivity contribution in [2.24, 2.45) is 0 Å². The quantitative estimate of drug-likeness (QED) is 0.646. The fourth-order valence-corrected chi connectivity index (χ4v) is 1.18. The van der Waals surface area contributed by atoms with Gasteiger partial charge in [-0.15, -0.1) is 12.6 Å². The Morgan fingerprint density at radius 1 is 0.867 bits per heavy atom. The molecule has 0 N–H and O–H groups in total. The second-order valence-electron chi connectivity index (χ2n) is 2.75. The van der Waals surface area contributed by atoms with E-state index in [1.165, 1.54) is 12.1 Å². The summed E-state index contributed by atoms with van der Waals surface area (Å²) in [6.45, 7) is 0. The minimum absolute atomic E-state index is 0.174. The zero-order valence-electron chi connectivity index (χ0n) is 7.90. The van der Waals surface area contributed by atoms with Gasteiger partial charge >= 0.3 is 0 Å². The van der Waals surface area contributed by atoms with Crippen molar-refractivity contribution in [3.63, 3.8) is 0 Å². The molecule has 0 aliphatic carbocycles. The van der Waals surface area contributed by atoms with Crippen LogP contribution in [0, 0.1) is 5.82 Å². The molecule has 0 atom stereocenters. The minimum atomic E-state index is -0.367. The van der Waals surface area contributed by atoms with Crippen LogP contribution in [-0.2, 0) is 0 Å². The third-order valence-corrected chi connectivity index (χ3v) is 2.19. The minimum Gasteiger partial charge on any atom is -0.205 e. The summed E-state index contributed by atoms with van der Waals surface area (Å²) in [5, 5.41) is 0.174. The first kappa shape index (κ1) is 12.1. The monoisotopic (exact) mass is 240 g/mol. The molecule has 0 unspecified atom stereocenters. The van der Waals surface area contributed by atoms with Crippen molar-refractivity contribution in [3.8, 4) is 0 Å². The Morgan fingerprint density at radius 2 is 1.40 bits per heavy atom. The molecule has 0 heterocycles. The lowest BCUT2D eigenvalue weighted by atomic mass is 10.4. The molecular formula is C12H10ClFS. The molecule has 0 bridgehead atoms. The number of hydrogen-bond donors (Lipinski definition) is 1. The highest BCUT2D eigenvalue weighted by molar-refractivity contribution is 7.80. The maximum absolute atomic E-state index is 12.2. The van der Waals surface area contributed by atoms with Gasteiger partial charge in [-0.05, 0) is 24.3 Å². The Kier molecular flexibility index (Phi) is 5.22. The summed E-state index contributed by atoms with van der Waals surface area (Å²) >= 11 is 9.42. The molecule has 2 aromatic carbocycles. The molecule has 0 aliphatic heterocycles. The third-order valence-electron chi connectivity index (χ3n) is 1.58. The first-order chi connectivity index (χ1) is 7.20. The van der Waals surface area contributed by atoms with Crippen LogP contribution in [0.5, 0.6) is 0 Å². The van der Waals surface area contributed by atoms with Gasteiger partial charge in [0.2, 0.25) is 0 Å². The lowest BCUT2D eigenvalue weighted by Crippen LogP contribution is -1.70. The summed E-state index contributed by atoms with van der Waals surface area (Å²) in [7, 11) is 0. The van der Waals surface area contributed by atoms with E-state index in [0.29, 0.717) is 0 Å². The Labute approximate surface area is 99.1 Å². The predicted octanol–water partition coefficient (Wildman–Crippen LogP) is 4.45. The molecule has 3 heteroatoms. The van der Waals surface area contributed by atoms with Crippen LogP contribution in [0.4, 0.5) is 4.39 Å². The van der Waals surface area contributed by atoms with E-state index in [4.69, 9.17) is 11.6 Å². The van der Waals surface area contributed by atoms with Crippen LogP contribution in [0.25, 0.3) is 0 Å². The molecule has 78 valence electrons. The smallest absolute Gasteiger partial charge is 0.141 e. The van der Waals surface area contributed by atoms with Crippen molar-refractivity contribution in [2.75, 3.05) is 0 Å². The molecule has 0 saturated carbocycles. The van der Waals surface area contributed by atoms with Gasteiger partial charge in [0, 0.05) is 4.90 Å². The van der Waals surface area contributed by atoms with Crippen LogP contribution in [0.2, 0.25) is 5.02 Å². The van der Waals surface area contributed by atoms with Gasteiger partial charge in [0.15, 0.2) is 0 Å². The van der Waals surface area contributed by atoms with E-state index >= 15 is 0 Å². The van der Waals surface area contributed by atoms with Crippen molar-refractivity contribution < 1.29 is 4.39 Å². The number of halogens is 2. The van der Waals surface area contributed by atoms with Gasteiger partial charge in [0.05, 0.1) is 5.02 Å². The number of hydrogen-bond acceptors (Lipinski definition) is 1. The summed E-state index contributed by atoms with van der Waals surface area (Å²) in [5.74, 6) is -0.367. The summed E-state index contributed by atoms with van der Waals surface area (Å²) < 4.78 is 12.2. The van der Waals surface area contributed by atoms with Crippen molar-refractivity contribution in [1.82, 2.24) is 0 Å². The highest BCUT2D eigenvalue weighted by Crippen LogP contribution is 2.11. The van der Waals surface area contributed by atoms with E-state index in [9.17, 15) is 4.39 Å². The van der Waals surface area contributed by atoms with Gasteiger partial charge in [-0.2, -0.15) is 0 Å². The van der Waals surface area contributed by atoms with Crippen LogP contribution in [-0.4, -0.2) is 0 Å². The zero-order valence-corrected chi connectivity index (χ0v) is 9.55. The number of benzene rings is 2. The van der Waals surface area contributed by atoms with E-state index in [2.05, 4.69) is 12.6 Å². The summed E-state index contributed by atoms with van der Waals surface area (Å²) in [5.41, 5.74) is 0. The van der Waals surface area contributed by atoms with Crippen molar-refractivity contribution >= 4 is 24.2 Å². The topological polar surface area (TPSA) is 0 Å². The highest BCUT2D eigenvalue weighted by Gasteiger charge is 1.91. The standard InChI is InChI=1S/C6H4ClF.C6H6S/c7-5-3-1-2-4-6(5)8;7-6-4-2-1-3-5-6/h1-4H;1-5,7H. The molecule has 2 rings (SSSR count). The fourth-order valence-electron chi connectivity index (χ4n) is 0.867. The van der Waals surface area contributed by atoms with E-state index in [-0.39, 0.29) is 10.8 Å². The van der Waals surface area contributed by atoms with Crippen molar-refractivity contribution in [3.05, 3.63) is 65.4 Å². The average molecular weight is 241 g/mol. The average Bonchev–Trinajstić information content (AvgIpc) is 2.25. The molecule has 0 aromatic heterocycles. The summed E-state index contributed by atoms with van der Waals surface area (Å²) in [4.78, 5) is 1.02. The van der Waals surface area contributed by atoms with Crippen molar-refractivity contribution in [2.45, 2.75) is 4.90 Å². The SMILES string of the molecule is Fc1ccccc1Cl.Sc1ccccc1. The molecular weight excluding hydrogens is 231 g/mol. The van der Waals surface area contributed by atoms with Gasteiger partial charge in [0.1, 0.15) is 5.82 Å². The van der Waals surface area contributed by atoms with E-state index in [0.717, 1.165) is 4.90 Å². The Hall–Kier alpha value is -0.990. The number of rotatable bonds is 0. The molecule has 15 heavy (non-hydrogen) atoms. The van der Waals surface area contributed by atoms with Gasteiger partial charge in [-0.3, -0.25) is 0 Å². The maximum Gasteiger partial charge on any atom is 0.141 e. The molecule has 2 aromatic rings. The number of thiol groups is 1. The van der Waals surface area contributed by atoms with E-state index < -0.39 is 0 Å². The Morgan fingerprint density at radius 3 is 1.73 bits per heavy atom. The molecule has 0 amide bonds. The molecule has 0 radical (unpaired) electrons. The zero-order chi connectivity index (χ0) is 11.1. The lowest BCUT2D eigenvalue weighted by Gasteiger charge is -1.86. The Balaban J connectivity index is 0.000000151. The molecule has 0 nitrogen and oxygen atoms in total. The third kappa shape index (κ3) is 4.86. The van der Waals surface area contributed by atoms with Gasteiger partial charge in [0.25, 0.3) is 0 Å². The van der Waals surface area contributed by atoms with E-state index in [1.54, 1.807) is 12.1 Å². The maximum atomic E-state index is 12.2. The van der Waals surface area contributed by atoms with Crippen molar-refractivity contribution in [1.29, 1.82) is 0 Å². The van der Waals surface area contributed by atoms with Gasteiger partial charge in [-0.25, -0.2) is 4.39 Å². The normalized spacial score (nSPS) is 9.00. The summed E-state index contributed by atoms with van der Waals surface area (Å²) in [6, 6.07) is 15.9. The van der Waals surface area contributed by atoms with Crippen LogP contribution < -0.4 is 0 Å². The first-order valence-corrected chi connectivity index (χ1v) is 5.16. The van der Waals surface area contributed by atoms with Gasteiger partial charge in [-0.1, -0.05) is 41.9 Å². The molecule has 0 spiro atoms. The Bertz CT molecular complexity index is 382. The second-order valence-corrected chi connectivity index (χ2v) is 3.67. The van der Waals surface area contributed by atoms with Crippen LogP contribution in [0.1, 0.15) is 0 Å².